The summed E-state index contributed by atoms with van der Waals surface area (Å²) in [5.41, 5.74) is 0. The zero-order valence-corrected chi connectivity index (χ0v) is 8.66. The van der Waals surface area contributed by atoms with Gasteiger partial charge in [-0.05, 0) is 12.8 Å². The topological polar surface area (TPSA) is 83.9 Å². The van der Waals surface area contributed by atoms with Crippen LogP contribution in [0.5, 0.6) is 0 Å². The molecule has 1 unspecified atom stereocenters. The van der Waals surface area contributed by atoms with Crippen molar-refractivity contribution < 1.29 is 22.6 Å². The lowest BCUT2D eigenvalue weighted by Gasteiger charge is -2.28. The number of carboxylic acid groups (broad SMARTS) is 1. The van der Waals surface area contributed by atoms with E-state index >= 15 is 0 Å². The lowest BCUT2D eigenvalue weighted by atomic mass is 10.00. The van der Waals surface area contributed by atoms with Gasteiger partial charge in [0.1, 0.15) is 0 Å². The smallest absolute Gasteiger partial charge is 0.307 e. The molecule has 0 saturated carbocycles. The molecule has 0 aromatic rings. The maximum Gasteiger partial charge on any atom is 0.307 e. The summed E-state index contributed by atoms with van der Waals surface area (Å²) in [5.74, 6) is -1.45. The minimum atomic E-state index is -3.54. The number of hydroxylamine groups is 2. The average molecular weight is 223 g/mol. The van der Waals surface area contributed by atoms with Crippen molar-refractivity contribution >= 4 is 16.1 Å². The Morgan fingerprint density at radius 3 is 2.71 bits per heavy atom. The highest BCUT2D eigenvalue weighted by Crippen LogP contribution is 2.17. The SMILES string of the molecule is CS(=O)(=O)ON1CCCC(C(=O)O)C1. The number of piperidine rings is 1. The van der Waals surface area contributed by atoms with Crippen LogP contribution >= 0.6 is 0 Å². The maximum atomic E-state index is 10.8. The van der Waals surface area contributed by atoms with Crippen molar-refractivity contribution in [3.8, 4) is 0 Å². The van der Waals surface area contributed by atoms with Crippen molar-refractivity contribution in [1.82, 2.24) is 5.06 Å². The molecular weight excluding hydrogens is 210 g/mol. The van der Waals surface area contributed by atoms with Crippen molar-refractivity contribution in [3.63, 3.8) is 0 Å². The quantitative estimate of drug-likeness (QED) is 0.705. The van der Waals surface area contributed by atoms with Crippen molar-refractivity contribution in [1.29, 1.82) is 0 Å². The van der Waals surface area contributed by atoms with Crippen molar-refractivity contribution in [3.05, 3.63) is 0 Å². The largest absolute Gasteiger partial charge is 0.481 e. The van der Waals surface area contributed by atoms with Gasteiger partial charge in [-0.2, -0.15) is 17.8 Å². The van der Waals surface area contributed by atoms with Gasteiger partial charge in [0.25, 0.3) is 10.1 Å². The summed E-state index contributed by atoms with van der Waals surface area (Å²) in [6, 6.07) is 0. The molecule has 6 nitrogen and oxygen atoms in total. The Morgan fingerprint density at radius 1 is 1.57 bits per heavy atom. The summed E-state index contributed by atoms with van der Waals surface area (Å²) >= 11 is 0. The zero-order valence-electron chi connectivity index (χ0n) is 7.84. The Hall–Kier alpha value is -0.660. The summed E-state index contributed by atoms with van der Waals surface area (Å²) in [7, 11) is -3.54. The molecule has 0 bridgehead atoms. The summed E-state index contributed by atoms with van der Waals surface area (Å²) in [6.45, 7) is 0.583. The third-order valence-electron chi connectivity index (χ3n) is 1.97. The fourth-order valence-corrected chi connectivity index (χ4v) is 1.92. The molecule has 1 fully saturated rings. The monoisotopic (exact) mass is 223 g/mol. The Kier molecular flexibility index (Phi) is 3.46. The number of aliphatic carboxylic acids is 1. The molecule has 0 aromatic carbocycles. The van der Waals surface area contributed by atoms with Gasteiger partial charge < -0.3 is 5.11 Å². The van der Waals surface area contributed by atoms with E-state index in [-0.39, 0.29) is 6.54 Å². The molecule has 0 aliphatic carbocycles. The van der Waals surface area contributed by atoms with Crippen LogP contribution in [0.15, 0.2) is 0 Å². The summed E-state index contributed by atoms with van der Waals surface area (Å²) in [4.78, 5) is 10.6. The number of carbonyl (C=O) groups is 1. The standard InChI is InChI=1S/C7H13NO5S/c1-14(11,12)13-8-4-2-3-6(5-8)7(9)10/h6H,2-5H2,1H3,(H,9,10). The van der Waals surface area contributed by atoms with Crippen molar-refractivity contribution in [2.24, 2.45) is 5.92 Å². The Morgan fingerprint density at radius 2 is 2.21 bits per heavy atom. The summed E-state index contributed by atoms with van der Waals surface area (Å²) < 4.78 is 26.1. The van der Waals surface area contributed by atoms with Gasteiger partial charge >= 0.3 is 5.97 Å². The third kappa shape index (κ3) is 3.60. The number of carboxylic acids is 1. The first-order chi connectivity index (χ1) is 6.38. The highest BCUT2D eigenvalue weighted by Gasteiger charge is 2.27. The van der Waals surface area contributed by atoms with Crippen LogP contribution < -0.4 is 0 Å². The Labute approximate surface area is 82.5 Å². The van der Waals surface area contributed by atoms with Crippen molar-refractivity contribution in [2.75, 3.05) is 19.3 Å². The molecular formula is C7H13NO5S. The molecule has 0 aromatic heterocycles. The molecule has 0 amide bonds. The van der Waals surface area contributed by atoms with E-state index < -0.39 is 22.0 Å². The molecule has 0 spiro atoms. The van der Waals surface area contributed by atoms with E-state index in [1.165, 1.54) is 5.06 Å². The molecule has 1 rings (SSSR count). The van der Waals surface area contributed by atoms with E-state index in [4.69, 9.17) is 5.11 Å². The highest BCUT2D eigenvalue weighted by atomic mass is 32.2. The minimum absolute atomic E-state index is 0.127. The van der Waals surface area contributed by atoms with Crippen molar-refractivity contribution in [2.45, 2.75) is 12.8 Å². The molecule has 1 saturated heterocycles. The van der Waals surface area contributed by atoms with E-state index in [1.54, 1.807) is 0 Å². The molecule has 1 heterocycles. The lowest BCUT2D eigenvalue weighted by molar-refractivity contribution is -0.150. The van der Waals surface area contributed by atoms with Crippen LogP contribution in [0.1, 0.15) is 12.8 Å². The molecule has 1 aliphatic heterocycles. The molecule has 82 valence electrons. The number of hydrogen-bond donors (Lipinski definition) is 1. The van der Waals surface area contributed by atoms with E-state index in [0.29, 0.717) is 19.4 Å². The normalized spacial score (nSPS) is 24.8. The van der Waals surface area contributed by atoms with Gasteiger partial charge in [-0.15, -0.1) is 0 Å². The predicted molar refractivity (Wildman–Crippen MR) is 47.9 cm³/mol. The fraction of sp³-hybridized carbons (Fsp3) is 0.857. The Balaban J connectivity index is 2.52. The molecule has 0 radical (unpaired) electrons. The fourth-order valence-electron chi connectivity index (χ4n) is 1.40. The van der Waals surface area contributed by atoms with Gasteiger partial charge in [-0.3, -0.25) is 4.79 Å². The lowest BCUT2D eigenvalue weighted by Crippen LogP contribution is -2.39. The van der Waals surface area contributed by atoms with Crippen LogP contribution in [0.2, 0.25) is 0 Å². The molecule has 1 atom stereocenters. The Bertz CT molecular complexity index is 312. The third-order valence-corrected chi connectivity index (χ3v) is 2.46. The van der Waals surface area contributed by atoms with Gasteiger partial charge in [0.05, 0.1) is 12.2 Å². The minimum Gasteiger partial charge on any atom is -0.481 e. The van der Waals surface area contributed by atoms with E-state index in [1.807, 2.05) is 0 Å². The second-order valence-corrected chi connectivity index (χ2v) is 4.90. The predicted octanol–water partition coefficient (Wildman–Crippen LogP) is -0.326. The van der Waals surface area contributed by atoms with Crippen LogP contribution in [0.4, 0.5) is 0 Å². The molecule has 14 heavy (non-hydrogen) atoms. The first kappa shape index (κ1) is 11.4. The van der Waals surface area contributed by atoms with Gasteiger partial charge in [0.2, 0.25) is 0 Å². The molecule has 1 N–H and O–H groups in total. The van der Waals surface area contributed by atoms with E-state index in [9.17, 15) is 13.2 Å². The number of hydrogen-bond acceptors (Lipinski definition) is 5. The maximum absolute atomic E-state index is 10.8. The first-order valence-corrected chi connectivity index (χ1v) is 6.07. The van der Waals surface area contributed by atoms with E-state index in [0.717, 1.165) is 6.26 Å². The van der Waals surface area contributed by atoms with Crippen LogP contribution in [0.25, 0.3) is 0 Å². The molecule has 7 heteroatoms. The number of rotatable bonds is 3. The van der Waals surface area contributed by atoms with Crippen LogP contribution in [-0.2, 0) is 19.2 Å². The van der Waals surface area contributed by atoms with Crippen LogP contribution in [0.3, 0.4) is 0 Å². The number of nitrogens with zero attached hydrogens (tertiary/aromatic N) is 1. The summed E-state index contributed by atoms with van der Waals surface area (Å²) in [5, 5.41) is 9.91. The van der Waals surface area contributed by atoms with Crippen LogP contribution in [0, 0.1) is 5.92 Å². The van der Waals surface area contributed by atoms with Gasteiger partial charge in [-0.25, -0.2) is 0 Å². The second-order valence-electron chi connectivity index (χ2n) is 3.34. The van der Waals surface area contributed by atoms with E-state index in [2.05, 4.69) is 4.28 Å². The zero-order chi connectivity index (χ0) is 10.8. The first-order valence-electron chi connectivity index (χ1n) is 4.26. The second kappa shape index (κ2) is 4.24. The van der Waals surface area contributed by atoms with Crippen LogP contribution in [-0.4, -0.2) is 43.9 Å². The molecule has 1 aliphatic rings. The summed E-state index contributed by atoms with van der Waals surface area (Å²) in [6.07, 6.45) is 2.14. The average Bonchev–Trinajstić information content (AvgIpc) is 2.01. The van der Waals surface area contributed by atoms with Gasteiger partial charge in [-0.1, -0.05) is 0 Å². The van der Waals surface area contributed by atoms with Gasteiger partial charge in [0.15, 0.2) is 0 Å². The highest BCUT2D eigenvalue weighted by molar-refractivity contribution is 7.85. The van der Waals surface area contributed by atoms with Gasteiger partial charge in [0, 0.05) is 13.1 Å².